The summed E-state index contributed by atoms with van der Waals surface area (Å²) < 4.78 is 12.9. The first-order valence-corrected chi connectivity index (χ1v) is 8.66. The lowest BCUT2D eigenvalue weighted by Crippen LogP contribution is -2.37. The molecule has 0 spiro atoms. The fourth-order valence-corrected chi connectivity index (χ4v) is 3.43. The molecule has 1 fully saturated rings. The fraction of sp³-hybridized carbons (Fsp3) is 0.450. The highest BCUT2D eigenvalue weighted by atomic mass is 19.1. The van der Waals surface area contributed by atoms with Crippen LogP contribution in [0, 0.1) is 11.7 Å². The van der Waals surface area contributed by atoms with Gasteiger partial charge in [0.2, 0.25) is 0 Å². The third-order valence-corrected chi connectivity index (χ3v) is 4.77. The summed E-state index contributed by atoms with van der Waals surface area (Å²) in [5.41, 5.74) is 2.43. The molecule has 0 N–H and O–H groups in total. The molecule has 1 atom stereocenters. The number of benzene rings is 1. The summed E-state index contributed by atoms with van der Waals surface area (Å²) in [7, 11) is 0. The van der Waals surface area contributed by atoms with Crippen LogP contribution >= 0.6 is 0 Å². The Hall–Kier alpha value is -1.74. The van der Waals surface area contributed by atoms with E-state index in [9.17, 15) is 4.39 Å². The van der Waals surface area contributed by atoms with Crippen LogP contribution < -0.4 is 0 Å². The molecule has 0 saturated carbocycles. The lowest BCUT2D eigenvalue weighted by Gasteiger charge is -2.32. The molecule has 0 radical (unpaired) electrons. The van der Waals surface area contributed by atoms with Crippen molar-refractivity contribution in [3.05, 3.63) is 65.7 Å². The van der Waals surface area contributed by atoms with Crippen LogP contribution in [0.3, 0.4) is 0 Å². The molecule has 0 bridgehead atoms. The van der Waals surface area contributed by atoms with Gasteiger partial charge in [-0.2, -0.15) is 0 Å². The zero-order chi connectivity index (χ0) is 15.9. The number of likely N-dealkylation sites (tertiary alicyclic amines) is 1. The Balaban J connectivity index is 1.43. The van der Waals surface area contributed by atoms with Crippen molar-refractivity contribution >= 4 is 0 Å². The number of aromatic nitrogens is 1. The van der Waals surface area contributed by atoms with Gasteiger partial charge in [-0.15, -0.1) is 0 Å². The highest BCUT2D eigenvalue weighted by molar-refractivity contribution is 5.16. The van der Waals surface area contributed by atoms with E-state index in [1.807, 2.05) is 24.4 Å². The van der Waals surface area contributed by atoms with Crippen molar-refractivity contribution in [3.63, 3.8) is 0 Å². The molecule has 1 aromatic heterocycles. The summed E-state index contributed by atoms with van der Waals surface area (Å²) in [5.74, 6) is 0.615. The number of piperidine rings is 1. The van der Waals surface area contributed by atoms with Crippen LogP contribution in [0.15, 0.2) is 48.7 Å². The summed E-state index contributed by atoms with van der Waals surface area (Å²) in [6, 6.07) is 13.1. The van der Waals surface area contributed by atoms with Gasteiger partial charge in [0.05, 0.1) is 0 Å². The quantitative estimate of drug-likeness (QED) is 0.798. The molecular weight excluding hydrogens is 287 g/mol. The lowest BCUT2D eigenvalue weighted by atomic mass is 9.91. The number of rotatable bonds is 6. The van der Waals surface area contributed by atoms with Gasteiger partial charge in [0, 0.05) is 31.4 Å². The van der Waals surface area contributed by atoms with E-state index in [-0.39, 0.29) is 5.82 Å². The average molecular weight is 312 g/mol. The van der Waals surface area contributed by atoms with Gasteiger partial charge in [0.15, 0.2) is 0 Å². The number of aryl methyl sites for hydroxylation is 1. The summed E-state index contributed by atoms with van der Waals surface area (Å²) >= 11 is 0. The normalized spacial score (nSPS) is 18.9. The molecule has 1 aromatic carbocycles. The van der Waals surface area contributed by atoms with Crippen molar-refractivity contribution in [3.8, 4) is 0 Å². The molecular formula is C20H25FN2. The van der Waals surface area contributed by atoms with Crippen LogP contribution in [-0.2, 0) is 12.8 Å². The molecule has 122 valence electrons. The van der Waals surface area contributed by atoms with E-state index in [2.05, 4.69) is 22.0 Å². The summed E-state index contributed by atoms with van der Waals surface area (Å²) in [6.07, 6.45) is 7.77. The zero-order valence-electron chi connectivity index (χ0n) is 13.6. The summed E-state index contributed by atoms with van der Waals surface area (Å²) in [6.45, 7) is 3.50. The monoisotopic (exact) mass is 312 g/mol. The zero-order valence-corrected chi connectivity index (χ0v) is 13.6. The Kier molecular flexibility index (Phi) is 5.76. The molecule has 0 amide bonds. The van der Waals surface area contributed by atoms with Crippen LogP contribution in [0.1, 0.15) is 30.5 Å². The van der Waals surface area contributed by atoms with Crippen molar-refractivity contribution in [2.24, 2.45) is 5.92 Å². The van der Waals surface area contributed by atoms with Gasteiger partial charge in [-0.05, 0) is 68.0 Å². The molecule has 1 saturated heterocycles. The highest BCUT2D eigenvalue weighted by Gasteiger charge is 2.19. The topological polar surface area (TPSA) is 16.1 Å². The minimum atomic E-state index is -0.146. The van der Waals surface area contributed by atoms with E-state index in [1.165, 1.54) is 43.6 Å². The maximum atomic E-state index is 12.9. The predicted molar refractivity (Wildman–Crippen MR) is 91.8 cm³/mol. The Morgan fingerprint density at radius 2 is 1.96 bits per heavy atom. The van der Waals surface area contributed by atoms with Crippen LogP contribution in [0.5, 0.6) is 0 Å². The standard InChI is InChI=1S/C20H25FN2/c21-19-10-8-17(9-11-19)6-7-18-4-3-14-23(16-18)15-12-20-5-1-2-13-22-20/h1-2,5,8-11,13,18H,3-4,6-7,12,14-16H2/t18-/m1/s1. The van der Waals surface area contributed by atoms with Gasteiger partial charge in [0.25, 0.3) is 0 Å². The molecule has 2 aromatic rings. The van der Waals surface area contributed by atoms with Gasteiger partial charge in [0.1, 0.15) is 5.82 Å². The smallest absolute Gasteiger partial charge is 0.123 e. The van der Waals surface area contributed by atoms with Crippen LogP contribution in [0.2, 0.25) is 0 Å². The molecule has 3 heteroatoms. The number of halogens is 1. The third-order valence-electron chi connectivity index (χ3n) is 4.77. The Morgan fingerprint density at radius 1 is 1.09 bits per heavy atom. The molecule has 0 unspecified atom stereocenters. The maximum Gasteiger partial charge on any atom is 0.123 e. The number of nitrogens with zero attached hydrogens (tertiary/aromatic N) is 2. The maximum absolute atomic E-state index is 12.9. The van der Waals surface area contributed by atoms with Crippen LogP contribution in [-0.4, -0.2) is 29.5 Å². The van der Waals surface area contributed by atoms with Gasteiger partial charge >= 0.3 is 0 Å². The van der Waals surface area contributed by atoms with Crippen molar-refractivity contribution in [2.75, 3.05) is 19.6 Å². The molecule has 3 rings (SSSR count). The van der Waals surface area contributed by atoms with E-state index in [0.29, 0.717) is 0 Å². The molecule has 1 aliphatic heterocycles. The van der Waals surface area contributed by atoms with E-state index in [1.54, 1.807) is 12.1 Å². The van der Waals surface area contributed by atoms with Crippen LogP contribution in [0.25, 0.3) is 0 Å². The molecule has 23 heavy (non-hydrogen) atoms. The van der Waals surface area contributed by atoms with Crippen molar-refractivity contribution in [1.29, 1.82) is 0 Å². The minimum absolute atomic E-state index is 0.146. The predicted octanol–water partition coefficient (Wildman–Crippen LogP) is 4.11. The molecule has 2 nitrogen and oxygen atoms in total. The number of hydrogen-bond acceptors (Lipinski definition) is 2. The molecule has 1 aliphatic rings. The minimum Gasteiger partial charge on any atom is -0.303 e. The average Bonchev–Trinajstić information content (AvgIpc) is 2.61. The van der Waals surface area contributed by atoms with Crippen molar-refractivity contribution < 1.29 is 4.39 Å². The Morgan fingerprint density at radius 3 is 2.74 bits per heavy atom. The van der Waals surface area contributed by atoms with Gasteiger partial charge in [-0.3, -0.25) is 4.98 Å². The fourth-order valence-electron chi connectivity index (χ4n) is 3.43. The van der Waals surface area contributed by atoms with E-state index in [4.69, 9.17) is 0 Å². The largest absolute Gasteiger partial charge is 0.303 e. The van der Waals surface area contributed by atoms with Crippen LogP contribution in [0.4, 0.5) is 4.39 Å². The van der Waals surface area contributed by atoms with Gasteiger partial charge < -0.3 is 4.90 Å². The van der Waals surface area contributed by atoms with E-state index in [0.717, 1.165) is 25.3 Å². The second-order valence-electron chi connectivity index (χ2n) is 6.55. The number of hydrogen-bond donors (Lipinski definition) is 0. The van der Waals surface area contributed by atoms with E-state index >= 15 is 0 Å². The summed E-state index contributed by atoms with van der Waals surface area (Å²) in [5, 5.41) is 0. The molecule has 2 heterocycles. The SMILES string of the molecule is Fc1ccc(CC[C@H]2CCCN(CCc3ccccn3)C2)cc1. The first kappa shape index (κ1) is 16.1. The third kappa shape index (κ3) is 5.14. The Bertz CT molecular complexity index is 582. The number of pyridine rings is 1. The first-order valence-electron chi connectivity index (χ1n) is 8.66. The second kappa shape index (κ2) is 8.21. The first-order chi connectivity index (χ1) is 11.3. The van der Waals surface area contributed by atoms with Crippen molar-refractivity contribution in [1.82, 2.24) is 9.88 Å². The summed E-state index contributed by atoms with van der Waals surface area (Å²) in [4.78, 5) is 6.98. The highest BCUT2D eigenvalue weighted by Crippen LogP contribution is 2.22. The second-order valence-corrected chi connectivity index (χ2v) is 6.55. The van der Waals surface area contributed by atoms with Crippen molar-refractivity contribution in [2.45, 2.75) is 32.1 Å². The molecule has 0 aliphatic carbocycles. The lowest BCUT2D eigenvalue weighted by molar-refractivity contribution is 0.170. The van der Waals surface area contributed by atoms with E-state index < -0.39 is 0 Å². The Labute approximate surface area is 138 Å². The van der Waals surface area contributed by atoms with Gasteiger partial charge in [-0.1, -0.05) is 18.2 Å². The van der Waals surface area contributed by atoms with Gasteiger partial charge in [-0.25, -0.2) is 4.39 Å².